The van der Waals surface area contributed by atoms with Crippen molar-refractivity contribution in [2.75, 3.05) is 34.0 Å². The molecular weight excluding hydrogens is 286 g/mol. The second kappa shape index (κ2) is 10.8. The topological polar surface area (TPSA) is 73.9 Å². The highest BCUT2D eigenvalue weighted by molar-refractivity contribution is 5.87. The fourth-order valence-corrected chi connectivity index (χ4v) is 1.87. The predicted octanol–water partition coefficient (Wildman–Crippen LogP) is 1.58. The van der Waals surface area contributed by atoms with Crippen LogP contribution in [-0.2, 0) is 25.4 Å². The van der Waals surface area contributed by atoms with Crippen LogP contribution in [0.1, 0.15) is 12.0 Å². The van der Waals surface area contributed by atoms with E-state index in [2.05, 4.69) is 5.32 Å². The van der Waals surface area contributed by atoms with Gasteiger partial charge in [0.05, 0.1) is 13.2 Å². The number of alkyl carbamates (subject to hydrolysis) is 1. The number of methoxy groups -OCH3 is 2. The number of rotatable bonds is 10. The number of hydrogen-bond acceptors (Lipinski definition) is 5. The molecule has 0 aliphatic carbocycles. The van der Waals surface area contributed by atoms with Crippen LogP contribution in [-0.4, -0.2) is 52.0 Å². The van der Waals surface area contributed by atoms with E-state index in [0.717, 1.165) is 5.56 Å². The molecule has 0 bridgehead atoms. The van der Waals surface area contributed by atoms with E-state index < -0.39 is 12.1 Å². The Kier molecular flexibility index (Phi) is 8.86. The van der Waals surface area contributed by atoms with E-state index >= 15 is 0 Å². The Morgan fingerprint density at radius 3 is 2.45 bits per heavy atom. The van der Waals surface area contributed by atoms with Gasteiger partial charge in [0.2, 0.25) is 0 Å². The highest BCUT2D eigenvalue weighted by Gasteiger charge is 2.21. The number of Topliss-reactive ketones (excluding diaryl/α,β-unsaturated/α-hetero) is 1. The van der Waals surface area contributed by atoms with E-state index in [-0.39, 0.29) is 19.0 Å². The smallest absolute Gasteiger partial charge is 0.407 e. The lowest BCUT2D eigenvalue weighted by molar-refractivity contribution is -0.122. The molecule has 0 fully saturated rings. The number of carbonyl (C=O) groups excluding carboxylic acids is 2. The molecule has 122 valence electrons. The molecule has 1 amide bonds. The third-order valence-corrected chi connectivity index (χ3v) is 3.04. The third kappa shape index (κ3) is 7.19. The molecule has 1 N–H and O–H groups in total. The molecule has 22 heavy (non-hydrogen) atoms. The molecule has 1 atom stereocenters. The Balaban J connectivity index is 2.43. The third-order valence-electron chi connectivity index (χ3n) is 3.04. The molecule has 1 aromatic carbocycles. The molecule has 0 spiro atoms. The minimum Gasteiger partial charge on any atom is -0.447 e. The van der Waals surface area contributed by atoms with Crippen LogP contribution in [0.5, 0.6) is 0 Å². The number of ketones is 1. The number of ether oxygens (including phenoxy) is 3. The van der Waals surface area contributed by atoms with Crippen molar-refractivity contribution in [2.45, 2.75) is 18.9 Å². The summed E-state index contributed by atoms with van der Waals surface area (Å²) in [5, 5.41) is 2.52. The van der Waals surface area contributed by atoms with Crippen LogP contribution >= 0.6 is 0 Å². The zero-order valence-corrected chi connectivity index (χ0v) is 13.0. The molecule has 0 heterocycles. The zero-order valence-electron chi connectivity index (χ0n) is 13.0. The number of amides is 1. The molecule has 0 aromatic heterocycles. The van der Waals surface area contributed by atoms with Crippen LogP contribution in [0.3, 0.4) is 0 Å². The van der Waals surface area contributed by atoms with Gasteiger partial charge in [-0.05, 0) is 12.0 Å². The van der Waals surface area contributed by atoms with Crippen molar-refractivity contribution in [3.63, 3.8) is 0 Å². The Labute approximate surface area is 130 Å². The van der Waals surface area contributed by atoms with Gasteiger partial charge in [0, 0.05) is 20.6 Å². The highest BCUT2D eigenvalue weighted by atomic mass is 16.6. The largest absolute Gasteiger partial charge is 0.447 e. The van der Waals surface area contributed by atoms with E-state index in [0.29, 0.717) is 19.4 Å². The Bertz CT molecular complexity index is 449. The van der Waals surface area contributed by atoms with Gasteiger partial charge < -0.3 is 19.5 Å². The molecule has 6 heteroatoms. The van der Waals surface area contributed by atoms with Crippen LogP contribution in [0.15, 0.2) is 30.3 Å². The van der Waals surface area contributed by atoms with E-state index in [1.165, 1.54) is 14.2 Å². The maximum atomic E-state index is 12.2. The number of hydrogen-bond donors (Lipinski definition) is 1. The predicted molar refractivity (Wildman–Crippen MR) is 81.8 cm³/mol. The van der Waals surface area contributed by atoms with E-state index in [1.54, 1.807) is 0 Å². The number of benzene rings is 1. The van der Waals surface area contributed by atoms with Crippen LogP contribution in [0.4, 0.5) is 4.79 Å². The average molecular weight is 309 g/mol. The van der Waals surface area contributed by atoms with Gasteiger partial charge in [-0.15, -0.1) is 0 Å². The fraction of sp³-hybridized carbons (Fsp3) is 0.500. The minimum absolute atomic E-state index is 0.0885. The van der Waals surface area contributed by atoms with Crippen molar-refractivity contribution < 1.29 is 23.8 Å². The lowest BCUT2D eigenvalue weighted by Crippen LogP contribution is -2.44. The molecule has 0 saturated heterocycles. The first-order chi connectivity index (χ1) is 10.7. The molecule has 0 radical (unpaired) electrons. The second-order valence-electron chi connectivity index (χ2n) is 4.73. The van der Waals surface area contributed by atoms with Crippen molar-refractivity contribution >= 4 is 11.9 Å². The summed E-state index contributed by atoms with van der Waals surface area (Å²) in [4.78, 5) is 23.8. The maximum absolute atomic E-state index is 12.2. The van der Waals surface area contributed by atoms with Gasteiger partial charge in [0.15, 0.2) is 5.78 Å². The van der Waals surface area contributed by atoms with Crippen molar-refractivity contribution in [1.82, 2.24) is 5.32 Å². The highest BCUT2D eigenvalue weighted by Crippen LogP contribution is 2.05. The minimum atomic E-state index is -0.705. The molecule has 0 saturated carbocycles. The summed E-state index contributed by atoms with van der Waals surface area (Å²) >= 11 is 0. The fourth-order valence-electron chi connectivity index (χ4n) is 1.87. The maximum Gasteiger partial charge on any atom is 0.407 e. The SMILES string of the molecule is COCCOC(=O)N[C@H](COC)C(=O)CCc1ccccc1. The Morgan fingerprint density at radius 1 is 1.09 bits per heavy atom. The van der Waals surface area contributed by atoms with Crippen molar-refractivity contribution in [3.05, 3.63) is 35.9 Å². The van der Waals surface area contributed by atoms with Crippen molar-refractivity contribution in [3.8, 4) is 0 Å². The second-order valence-corrected chi connectivity index (χ2v) is 4.73. The molecule has 0 unspecified atom stereocenters. The summed E-state index contributed by atoms with van der Waals surface area (Å²) in [6.45, 7) is 0.567. The van der Waals surface area contributed by atoms with Gasteiger partial charge in [-0.1, -0.05) is 30.3 Å². The van der Waals surface area contributed by atoms with E-state index in [9.17, 15) is 9.59 Å². The first-order valence-electron chi connectivity index (χ1n) is 7.15. The van der Waals surface area contributed by atoms with Gasteiger partial charge >= 0.3 is 6.09 Å². The first kappa shape index (κ1) is 18.1. The van der Waals surface area contributed by atoms with Gasteiger partial charge in [-0.25, -0.2) is 4.79 Å². The van der Waals surface area contributed by atoms with Crippen LogP contribution < -0.4 is 5.32 Å². The van der Waals surface area contributed by atoms with Gasteiger partial charge in [0.25, 0.3) is 0 Å². The lowest BCUT2D eigenvalue weighted by Gasteiger charge is -2.16. The number of aryl methyl sites for hydroxylation is 1. The number of carbonyl (C=O) groups is 2. The molecule has 1 rings (SSSR count). The molecule has 0 aliphatic heterocycles. The number of nitrogens with one attached hydrogen (secondary N) is 1. The summed E-state index contributed by atoms with van der Waals surface area (Å²) in [5.41, 5.74) is 1.08. The molecular formula is C16H23NO5. The standard InChI is InChI=1S/C16H23NO5/c1-20-10-11-22-16(19)17-14(12-21-2)15(18)9-8-13-6-4-3-5-7-13/h3-7,14H,8-12H2,1-2H3,(H,17,19)/t14-/m1/s1. The van der Waals surface area contributed by atoms with Crippen molar-refractivity contribution in [2.24, 2.45) is 0 Å². The van der Waals surface area contributed by atoms with Gasteiger partial charge in [-0.3, -0.25) is 4.79 Å². The molecule has 6 nitrogen and oxygen atoms in total. The van der Waals surface area contributed by atoms with E-state index in [1.807, 2.05) is 30.3 Å². The van der Waals surface area contributed by atoms with Crippen LogP contribution in [0.25, 0.3) is 0 Å². The van der Waals surface area contributed by atoms with Crippen LogP contribution in [0, 0.1) is 0 Å². The quantitative estimate of drug-likeness (QED) is 0.664. The summed E-state index contributed by atoms with van der Waals surface area (Å²) in [7, 11) is 3.00. The average Bonchev–Trinajstić information content (AvgIpc) is 2.53. The van der Waals surface area contributed by atoms with Gasteiger partial charge in [0.1, 0.15) is 12.6 Å². The van der Waals surface area contributed by atoms with Gasteiger partial charge in [-0.2, -0.15) is 0 Å². The molecule has 1 aromatic rings. The monoisotopic (exact) mass is 309 g/mol. The summed E-state index contributed by atoms with van der Waals surface area (Å²) in [6.07, 6.45) is 0.309. The van der Waals surface area contributed by atoms with E-state index in [4.69, 9.17) is 14.2 Å². The Hall–Kier alpha value is -1.92. The lowest BCUT2D eigenvalue weighted by atomic mass is 10.0. The summed E-state index contributed by atoms with van der Waals surface area (Å²) in [5.74, 6) is -0.0885. The molecule has 0 aliphatic rings. The zero-order chi connectivity index (χ0) is 16.2. The Morgan fingerprint density at radius 2 is 1.82 bits per heavy atom. The van der Waals surface area contributed by atoms with Crippen molar-refractivity contribution in [1.29, 1.82) is 0 Å². The van der Waals surface area contributed by atoms with Crippen LogP contribution in [0.2, 0.25) is 0 Å². The normalized spacial score (nSPS) is 11.7. The first-order valence-corrected chi connectivity index (χ1v) is 7.15. The summed E-state index contributed by atoms with van der Waals surface area (Å²) < 4.78 is 14.7. The summed E-state index contributed by atoms with van der Waals surface area (Å²) in [6, 6.07) is 9.01.